The minimum Gasteiger partial charge on any atom is -0.370 e. The van der Waals surface area contributed by atoms with E-state index in [1.54, 1.807) is 6.07 Å². The van der Waals surface area contributed by atoms with Crippen LogP contribution in [-0.2, 0) is 17.8 Å². The van der Waals surface area contributed by atoms with E-state index >= 15 is 0 Å². The first-order valence-corrected chi connectivity index (χ1v) is 8.00. The fraction of sp³-hybridized carbons (Fsp3) is 0.429. The third-order valence-corrected chi connectivity index (χ3v) is 4.15. The van der Waals surface area contributed by atoms with E-state index in [1.165, 1.54) is 0 Å². The molecule has 4 nitrogen and oxygen atoms in total. The number of halogens is 3. The topological polar surface area (TPSA) is 60.9 Å². The van der Waals surface area contributed by atoms with Crippen molar-refractivity contribution in [2.24, 2.45) is 5.73 Å². The molecule has 7 heteroatoms. The molecule has 0 aliphatic heterocycles. The average Bonchev–Trinajstić information content (AvgIpc) is 2.73. The molecular formula is C14H16Cl3N3O. The number of unbranched alkanes of at least 4 members (excludes halogenated alkanes) is 1. The number of primary amides is 1. The fourth-order valence-electron chi connectivity index (χ4n) is 2.26. The Bertz CT molecular complexity index is 654. The maximum Gasteiger partial charge on any atom is 0.217 e. The monoisotopic (exact) mass is 347 g/mol. The van der Waals surface area contributed by atoms with Crippen LogP contribution >= 0.6 is 34.8 Å². The average molecular weight is 349 g/mol. The summed E-state index contributed by atoms with van der Waals surface area (Å²) in [7, 11) is 0. The molecule has 0 radical (unpaired) electrons. The lowest BCUT2D eigenvalue weighted by Gasteiger charge is -2.08. The van der Waals surface area contributed by atoms with Gasteiger partial charge >= 0.3 is 0 Å². The first-order chi connectivity index (χ1) is 10.0. The van der Waals surface area contributed by atoms with Crippen LogP contribution in [0.2, 0.25) is 10.0 Å². The second kappa shape index (κ2) is 7.34. The molecule has 0 bridgehead atoms. The van der Waals surface area contributed by atoms with Gasteiger partial charge in [-0.1, -0.05) is 23.2 Å². The summed E-state index contributed by atoms with van der Waals surface area (Å²) >= 11 is 18.0. The Morgan fingerprint density at radius 1 is 1.24 bits per heavy atom. The van der Waals surface area contributed by atoms with Crippen LogP contribution < -0.4 is 5.73 Å². The summed E-state index contributed by atoms with van der Waals surface area (Å²) in [5, 5.41) is 0.986. The summed E-state index contributed by atoms with van der Waals surface area (Å²) in [6, 6.07) is 3.58. The molecule has 114 valence electrons. The highest BCUT2D eigenvalue weighted by Gasteiger charge is 2.12. The summed E-state index contributed by atoms with van der Waals surface area (Å²) in [6.07, 6.45) is 2.64. The molecule has 2 rings (SSSR count). The van der Waals surface area contributed by atoms with Gasteiger partial charge in [0.2, 0.25) is 5.91 Å². The summed E-state index contributed by atoms with van der Waals surface area (Å²) in [5.74, 6) is 1.12. The van der Waals surface area contributed by atoms with Gasteiger partial charge in [0.25, 0.3) is 0 Å². The smallest absolute Gasteiger partial charge is 0.217 e. The van der Waals surface area contributed by atoms with Gasteiger partial charge in [0, 0.05) is 25.3 Å². The summed E-state index contributed by atoms with van der Waals surface area (Å²) < 4.78 is 2.08. The van der Waals surface area contributed by atoms with E-state index in [0.717, 1.165) is 36.2 Å². The number of alkyl halides is 1. The van der Waals surface area contributed by atoms with Crippen molar-refractivity contribution in [2.45, 2.75) is 32.2 Å². The lowest BCUT2D eigenvalue weighted by Crippen LogP contribution is -2.11. The summed E-state index contributed by atoms with van der Waals surface area (Å²) in [4.78, 5) is 15.3. The van der Waals surface area contributed by atoms with Gasteiger partial charge in [0.05, 0.1) is 21.1 Å². The molecule has 0 aliphatic rings. The predicted molar refractivity (Wildman–Crippen MR) is 87.2 cm³/mol. The lowest BCUT2D eigenvalue weighted by molar-refractivity contribution is -0.118. The van der Waals surface area contributed by atoms with Gasteiger partial charge < -0.3 is 10.3 Å². The van der Waals surface area contributed by atoms with Crippen molar-refractivity contribution in [3.05, 3.63) is 28.0 Å². The highest BCUT2D eigenvalue weighted by atomic mass is 35.5. The van der Waals surface area contributed by atoms with E-state index in [1.807, 2.05) is 6.07 Å². The number of nitrogens with two attached hydrogens (primary N) is 1. The largest absolute Gasteiger partial charge is 0.370 e. The van der Waals surface area contributed by atoms with Crippen LogP contribution in [0.25, 0.3) is 11.0 Å². The van der Waals surface area contributed by atoms with Gasteiger partial charge in [0.1, 0.15) is 5.82 Å². The van der Waals surface area contributed by atoms with Crippen molar-refractivity contribution in [1.29, 1.82) is 0 Å². The summed E-state index contributed by atoms with van der Waals surface area (Å²) in [5.41, 5.74) is 6.89. The minimum absolute atomic E-state index is 0.277. The van der Waals surface area contributed by atoms with Crippen LogP contribution in [-0.4, -0.2) is 21.3 Å². The molecule has 1 aromatic carbocycles. The number of aromatic nitrogens is 2. The van der Waals surface area contributed by atoms with Crippen molar-refractivity contribution >= 4 is 51.7 Å². The number of benzene rings is 1. The molecule has 1 heterocycles. The fourth-order valence-corrected chi connectivity index (χ4v) is 2.75. The zero-order valence-corrected chi connectivity index (χ0v) is 13.7. The van der Waals surface area contributed by atoms with Crippen LogP contribution in [0.1, 0.15) is 25.1 Å². The van der Waals surface area contributed by atoms with Crippen molar-refractivity contribution < 1.29 is 4.79 Å². The molecule has 0 saturated heterocycles. The third-order valence-electron chi connectivity index (χ3n) is 3.24. The number of aryl methyl sites for hydroxylation is 2. The minimum atomic E-state index is -0.277. The second-order valence-corrected chi connectivity index (χ2v) is 5.99. The Morgan fingerprint density at radius 3 is 2.62 bits per heavy atom. The Labute approximate surface area is 138 Å². The Morgan fingerprint density at radius 2 is 1.95 bits per heavy atom. The number of imidazole rings is 1. The molecule has 0 atom stereocenters. The maximum atomic E-state index is 10.8. The molecule has 2 N–H and O–H groups in total. The number of carbonyl (C=O) groups excluding carboxylic acids is 1. The van der Waals surface area contributed by atoms with E-state index in [4.69, 9.17) is 40.5 Å². The molecule has 0 spiro atoms. The normalized spacial score (nSPS) is 11.2. The molecule has 1 aromatic heterocycles. The SMILES string of the molecule is NC(=O)CCCCn1c(CCCl)nc2cc(Cl)c(Cl)cc21. The number of fused-ring (bicyclic) bond motifs is 1. The van der Waals surface area contributed by atoms with Crippen LogP contribution in [0, 0.1) is 0 Å². The molecule has 0 aliphatic carbocycles. The molecule has 0 saturated carbocycles. The maximum absolute atomic E-state index is 10.8. The molecule has 2 aromatic rings. The molecule has 0 unspecified atom stereocenters. The summed E-state index contributed by atoms with van der Waals surface area (Å²) in [6.45, 7) is 0.744. The number of rotatable bonds is 7. The first-order valence-electron chi connectivity index (χ1n) is 6.71. The third kappa shape index (κ3) is 4.02. The van der Waals surface area contributed by atoms with Crippen LogP contribution in [0.15, 0.2) is 12.1 Å². The van der Waals surface area contributed by atoms with Gasteiger partial charge in [-0.25, -0.2) is 4.98 Å². The van der Waals surface area contributed by atoms with E-state index in [0.29, 0.717) is 28.8 Å². The van der Waals surface area contributed by atoms with Gasteiger partial charge in [-0.3, -0.25) is 4.79 Å². The quantitative estimate of drug-likeness (QED) is 0.611. The highest BCUT2D eigenvalue weighted by molar-refractivity contribution is 6.42. The number of hydrogen-bond acceptors (Lipinski definition) is 2. The van der Waals surface area contributed by atoms with E-state index in [2.05, 4.69) is 9.55 Å². The van der Waals surface area contributed by atoms with Crippen molar-refractivity contribution in [3.8, 4) is 0 Å². The number of carbonyl (C=O) groups is 1. The van der Waals surface area contributed by atoms with Crippen LogP contribution in [0.5, 0.6) is 0 Å². The standard InChI is InChI=1S/C14H16Cl3N3O/c15-5-4-14-19-11-7-9(16)10(17)8-12(11)20(14)6-2-1-3-13(18)21/h7-8H,1-6H2,(H2,18,21). The van der Waals surface area contributed by atoms with Crippen LogP contribution in [0.4, 0.5) is 0 Å². The first kappa shape index (κ1) is 16.4. The number of nitrogens with zero attached hydrogens (tertiary/aromatic N) is 2. The van der Waals surface area contributed by atoms with Crippen LogP contribution in [0.3, 0.4) is 0 Å². The van der Waals surface area contributed by atoms with E-state index in [9.17, 15) is 4.79 Å². The van der Waals surface area contributed by atoms with Crippen molar-refractivity contribution in [3.63, 3.8) is 0 Å². The van der Waals surface area contributed by atoms with Crippen molar-refractivity contribution in [2.75, 3.05) is 5.88 Å². The van der Waals surface area contributed by atoms with Crippen molar-refractivity contribution in [1.82, 2.24) is 9.55 Å². The van der Waals surface area contributed by atoms with Gasteiger partial charge in [-0.05, 0) is 25.0 Å². The zero-order chi connectivity index (χ0) is 15.4. The van der Waals surface area contributed by atoms with Gasteiger partial charge in [-0.2, -0.15) is 0 Å². The van der Waals surface area contributed by atoms with E-state index in [-0.39, 0.29) is 5.91 Å². The molecule has 0 fully saturated rings. The molecular weight excluding hydrogens is 333 g/mol. The molecule has 1 amide bonds. The Balaban J connectivity index is 2.27. The van der Waals surface area contributed by atoms with Gasteiger partial charge in [-0.15, -0.1) is 11.6 Å². The van der Waals surface area contributed by atoms with E-state index < -0.39 is 0 Å². The second-order valence-electron chi connectivity index (χ2n) is 4.80. The Hall–Kier alpha value is -0.970. The Kier molecular flexibility index (Phi) is 5.73. The number of hydrogen-bond donors (Lipinski definition) is 1. The zero-order valence-electron chi connectivity index (χ0n) is 11.4. The van der Waals surface area contributed by atoms with Gasteiger partial charge in [0.15, 0.2) is 0 Å². The highest BCUT2D eigenvalue weighted by Crippen LogP contribution is 2.28. The predicted octanol–water partition coefficient (Wildman–Crippen LogP) is 3.78. The lowest BCUT2D eigenvalue weighted by atomic mass is 10.2. The molecule has 21 heavy (non-hydrogen) atoms. The number of amides is 1.